The zero-order valence-electron chi connectivity index (χ0n) is 11.1. The number of carboxylic acids is 1. The number of carboxylic acid groups (broad SMARTS) is 1. The van der Waals surface area contributed by atoms with Gasteiger partial charge in [0.05, 0.1) is 12.5 Å². The van der Waals surface area contributed by atoms with Gasteiger partial charge in [0, 0.05) is 27.0 Å². The monoisotopic (exact) mass is 353 g/mol. The summed E-state index contributed by atoms with van der Waals surface area (Å²) in [4.78, 5) is 14.2. The fourth-order valence-electron chi connectivity index (χ4n) is 2.08. The molecule has 20 heavy (non-hydrogen) atoms. The highest BCUT2D eigenvalue weighted by molar-refractivity contribution is 9.10. The van der Waals surface area contributed by atoms with Crippen molar-refractivity contribution >= 4 is 38.9 Å². The van der Waals surface area contributed by atoms with E-state index < -0.39 is 5.97 Å². The third-order valence-electron chi connectivity index (χ3n) is 3.12. The number of nitrogens with zero attached hydrogens (tertiary/aromatic N) is 1. The summed E-state index contributed by atoms with van der Waals surface area (Å²) in [5.74, 6) is -0.773. The van der Waals surface area contributed by atoms with Gasteiger partial charge in [0.25, 0.3) is 0 Å². The van der Waals surface area contributed by atoms with Crippen molar-refractivity contribution in [3.63, 3.8) is 0 Å². The van der Waals surface area contributed by atoms with Crippen LogP contribution in [0.25, 0.3) is 0 Å². The number of anilines is 1. The second kappa shape index (κ2) is 6.90. The maximum atomic E-state index is 10.9. The molecular formula is C15H16BrNO2S. The van der Waals surface area contributed by atoms with Crippen LogP contribution in [0.3, 0.4) is 0 Å². The zero-order chi connectivity index (χ0) is 14.5. The Morgan fingerprint density at radius 2 is 2.10 bits per heavy atom. The number of hydrogen-bond donors (Lipinski definition) is 1. The summed E-state index contributed by atoms with van der Waals surface area (Å²) in [6.45, 7) is 2.60. The first-order valence-corrected chi connectivity index (χ1v) is 8.02. The molecule has 0 radical (unpaired) electrons. The maximum Gasteiger partial charge on any atom is 0.305 e. The number of para-hydroxylation sites is 1. The Balaban J connectivity index is 2.23. The summed E-state index contributed by atoms with van der Waals surface area (Å²) < 4.78 is 1.07. The molecule has 0 aliphatic rings. The predicted octanol–water partition coefficient (Wildman–Crippen LogP) is 4.55. The van der Waals surface area contributed by atoms with Crippen molar-refractivity contribution in [1.82, 2.24) is 0 Å². The van der Waals surface area contributed by atoms with E-state index in [-0.39, 0.29) is 12.5 Å². The summed E-state index contributed by atoms with van der Waals surface area (Å²) >= 11 is 5.14. The number of hydrogen-bond acceptors (Lipinski definition) is 3. The second-order valence-electron chi connectivity index (χ2n) is 4.52. The lowest BCUT2D eigenvalue weighted by molar-refractivity contribution is -0.136. The quantitative estimate of drug-likeness (QED) is 0.827. The highest BCUT2D eigenvalue weighted by atomic mass is 79.9. The molecule has 5 heteroatoms. The van der Waals surface area contributed by atoms with Gasteiger partial charge in [-0.3, -0.25) is 4.79 Å². The van der Waals surface area contributed by atoms with Crippen molar-refractivity contribution in [3.8, 4) is 0 Å². The molecule has 3 nitrogen and oxygen atoms in total. The van der Waals surface area contributed by atoms with Crippen molar-refractivity contribution in [2.75, 3.05) is 11.4 Å². The molecule has 0 spiro atoms. The van der Waals surface area contributed by atoms with E-state index in [1.807, 2.05) is 35.7 Å². The van der Waals surface area contributed by atoms with Crippen LogP contribution in [0.5, 0.6) is 0 Å². The number of benzene rings is 1. The number of carbonyl (C=O) groups is 1. The lowest BCUT2D eigenvalue weighted by Crippen LogP contribution is -2.28. The Hall–Kier alpha value is -1.33. The van der Waals surface area contributed by atoms with E-state index >= 15 is 0 Å². The molecule has 0 amide bonds. The fraction of sp³-hybridized carbons (Fsp3) is 0.267. The SMILES string of the molecule is CC(c1cc(Br)cs1)N(CCC(=O)O)c1ccccc1. The van der Waals surface area contributed by atoms with Gasteiger partial charge in [-0.1, -0.05) is 18.2 Å². The van der Waals surface area contributed by atoms with Crippen LogP contribution >= 0.6 is 27.3 Å². The Morgan fingerprint density at radius 3 is 2.65 bits per heavy atom. The first kappa shape index (κ1) is 15.1. The normalized spacial score (nSPS) is 12.1. The molecule has 0 aliphatic carbocycles. The average molecular weight is 354 g/mol. The molecule has 2 rings (SSSR count). The van der Waals surface area contributed by atoms with Crippen LogP contribution in [0, 0.1) is 0 Å². The molecule has 0 fully saturated rings. The van der Waals surface area contributed by atoms with Crippen LogP contribution in [0.1, 0.15) is 24.3 Å². The molecule has 1 atom stereocenters. The van der Waals surface area contributed by atoms with E-state index in [0.717, 1.165) is 10.2 Å². The minimum absolute atomic E-state index is 0.131. The van der Waals surface area contributed by atoms with Crippen LogP contribution in [0.4, 0.5) is 5.69 Å². The minimum Gasteiger partial charge on any atom is -0.481 e. The van der Waals surface area contributed by atoms with Crippen LogP contribution in [0.2, 0.25) is 0 Å². The highest BCUT2D eigenvalue weighted by Gasteiger charge is 2.18. The molecule has 1 N–H and O–H groups in total. The van der Waals surface area contributed by atoms with Gasteiger partial charge >= 0.3 is 5.97 Å². The molecule has 106 valence electrons. The van der Waals surface area contributed by atoms with Crippen LogP contribution in [-0.4, -0.2) is 17.6 Å². The number of rotatable bonds is 6. The Bertz CT molecular complexity index is 570. The van der Waals surface area contributed by atoms with E-state index in [1.54, 1.807) is 11.3 Å². The van der Waals surface area contributed by atoms with E-state index in [4.69, 9.17) is 5.11 Å². The fourth-order valence-corrected chi connectivity index (χ4v) is 3.60. The first-order chi connectivity index (χ1) is 9.58. The Labute approximate surface area is 131 Å². The van der Waals surface area contributed by atoms with Gasteiger partial charge in [0.2, 0.25) is 0 Å². The minimum atomic E-state index is -0.773. The van der Waals surface area contributed by atoms with Crippen LogP contribution in [0.15, 0.2) is 46.3 Å². The van der Waals surface area contributed by atoms with E-state index in [1.165, 1.54) is 4.88 Å². The molecule has 1 heterocycles. The largest absolute Gasteiger partial charge is 0.481 e. The van der Waals surface area contributed by atoms with E-state index in [9.17, 15) is 4.79 Å². The Morgan fingerprint density at radius 1 is 1.40 bits per heavy atom. The van der Waals surface area contributed by atoms with Gasteiger partial charge in [-0.05, 0) is 41.1 Å². The lowest BCUT2D eigenvalue weighted by Gasteiger charge is -2.30. The molecule has 1 aromatic carbocycles. The summed E-state index contributed by atoms with van der Waals surface area (Å²) in [5, 5.41) is 11.0. The van der Waals surface area contributed by atoms with Crippen molar-refractivity contribution in [3.05, 3.63) is 51.1 Å². The van der Waals surface area contributed by atoms with Crippen molar-refractivity contribution < 1.29 is 9.90 Å². The van der Waals surface area contributed by atoms with Crippen molar-refractivity contribution in [1.29, 1.82) is 0 Å². The molecule has 0 saturated heterocycles. The zero-order valence-corrected chi connectivity index (χ0v) is 13.5. The number of thiophene rings is 1. The standard InChI is InChI=1S/C15H16BrNO2S/c1-11(14-9-12(16)10-20-14)17(8-7-15(18)19)13-5-3-2-4-6-13/h2-6,9-11H,7-8H2,1H3,(H,18,19). The van der Waals surface area contributed by atoms with Crippen LogP contribution in [-0.2, 0) is 4.79 Å². The topological polar surface area (TPSA) is 40.5 Å². The van der Waals surface area contributed by atoms with Gasteiger partial charge in [-0.25, -0.2) is 0 Å². The molecule has 1 aromatic heterocycles. The Kier molecular flexibility index (Phi) is 5.20. The summed E-state index contributed by atoms with van der Waals surface area (Å²) in [5.41, 5.74) is 1.05. The smallest absolute Gasteiger partial charge is 0.305 e. The molecule has 1 unspecified atom stereocenters. The van der Waals surface area contributed by atoms with E-state index in [0.29, 0.717) is 6.54 Å². The van der Waals surface area contributed by atoms with Gasteiger partial charge in [0.15, 0.2) is 0 Å². The van der Waals surface area contributed by atoms with Crippen molar-refractivity contribution in [2.24, 2.45) is 0 Å². The lowest BCUT2D eigenvalue weighted by atomic mass is 10.2. The number of halogens is 1. The summed E-state index contributed by atoms with van der Waals surface area (Å²) in [6.07, 6.45) is 0.131. The molecule has 0 saturated carbocycles. The molecule has 0 bridgehead atoms. The average Bonchev–Trinajstić information content (AvgIpc) is 2.86. The van der Waals surface area contributed by atoms with Gasteiger partial charge in [-0.15, -0.1) is 11.3 Å². The second-order valence-corrected chi connectivity index (χ2v) is 6.37. The predicted molar refractivity (Wildman–Crippen MR) is 86.5 cm³/mol. The molecule has 2 aromatic rings. The summed E-state index contributed by atoms with van der Waals surface area (Å²) in [6, 6.07) is 12.2. The summed E-state index contributed by atoms with van der Waals surface area (Å²) in [7, 11) is 0. The van der Waals surface area contributed by atoms with Gasteiger partial charge < -0.3 is 10.0 Å². The van der Waals surface area contributed by atoms with Gasteiger partial charge in [-0.2, -0.15) is 0 Å². The first-order valence-electron chi connectivity index (χ1n) is 6.35. The van der Waals surface area contributed by atoms with Crippen LogP contribution < -0.4 is 4.90 Å². The maximum absolute atomic E-state index is 10.9. The third kappa shape index (κ3) is 3.84. The molecular weight excluding hydrogens is 338 g/mol. The van der Waals surface area contributed by atoms with Crippen molar-refractivity contribution in [2.45, 2.75) is 19.4 Å². The highest BCUT2D eigenvalue weighted by Crippen LogP contribution is 2.32. The van der Waals surface area contributed by atoms with E-state index in [2.05, 4.69) is 33.8 Å². The molecule has 0 aliphatic heterocycles. The van der Waals surface area contributed by atoms with Gasteiger partial charge in [0.1, 0.15) is 0 Å². The third-order valence-corrected chi connectivity index (χ3v) is 4.99. The number of aliphatic carboxylic acids is 1.